The zero-order valence-electron chi connectivity index (χ0n) is 31.3. The van der Waals surface area contributed by atoms with Crippen molar-refractivity contribution < 1.29 is 13.5 Å². The first-order chi connectivity index (χ1) is 25.3. The van der Waals surface area contributed by atoms with Gasteiger partial charge in [-0.1, -0.05) is 55.5 Å². The largest absolute Gasteiger partial charge is 0.491 e. The number of fused-ring (bicyclic) bond motifs is 2. The lowest BCUT2D eigenvalue weighted by atomic mass is 9.81. The summed E-state index contributed by atoms with van der Waals surface area (Å²) in [5.74, 6) is 0.558. The average molecular weight is 701 g/mol. The molecule has 0 amide bonds. The Morgan fingerprint density at radius 1 is 0.577 bits per heavy atom. The summed E-state index contributed by atoms with van der Waals surface area (Å²) in [6.07, 6.45) is 10.8. The maximum atomic E-state index is 13.5. The molecule has 2 aliphatic carbocycles. The predicted octanol–water partition coefficient (Wildman–Crippen LogP) is 10.7. The van der Waals surface area contributed by atoms with Crippen LogP contribution in [0.4, 0.5) is 8.78 Å². The van der Waals surface area contributed by atoms with E-state index in [2.05, 4.69) is 67.0 Å². The molecule has 2 saturated heterocycles. The van der Waals surface area contributed by atoms with Crippen molar-refractivity contribution in [3.05, 3.63) is 147 Å². The number of hydrogen-bond donors (Lipinski definition) is 0. The Kier molecular flexibility index (Phi) is 11.7. The summed E-state index contributed by atoms with van der Waals surface area (Å²) in [4.78, 5) is 5.13. The first-order valence-electron chi connectivity index (χ1n) is 19.7. The lowest BCUT2D eigenvalue weighted by molar-refractivity contribution is 0.242. The molecule has 0 N–H and O–H groups in total. The molecule has 5 heteroatoms. The smallest absolute Gasteiger partial charge is 0.123 e. The molecular weight excluding hydrogens is 647 g/mol. The van der Waals surface area contributed by atoms with Gasteiger partial charge in [-0.05, 0) is 195 Å². The van der Waals surface area contributed by atoms with Gasteiger partial charge < -0.3 is 4.74 Å². The molecule has 2 aliphatic heterocycles. The number of nitrogens with zero attached hydrogens (tertiary/aromatic N) is 2. The van der Waals surface area contributed by atoms with Crippen LogP contribution >= 0.6 is 0 Å². The molecule has 8 rings (SSSR count). The summed E-state index contributed by atoms with van der Waals surface area (Å²) in [5, 5.41) is 0. The highest BCUT2D eigenvalue weighted by Crippen LogP contribution is 2.40. The van der Waals surface area contributed by atoms with Crippen molar-refractivity contribution in [1.29, 1.82) is 0 Å². The molecular formula is C47H54F2N2O. The van der Waals surface area contributed by atoms with Gasteiger partial charge in [-0.15, -0.1) is 0 Å². The molecule has 0 saturated carbocycles. The molecule has 0 unspecified atom stereocenters. The van der Waals surface area contributed by atoms with Gasteiger partial charge in [0.05, 0.1) is 6.10 Å². The minimum atomic E-state index is -0.187. The minimum Gasteiger partial charge on any atom is -0.491 e. The number of likely N-dealkylation sites (tertiary alicyclic amines) is 2. The van der Waals surface area contributed by atoms with Crippen LogP contribution in [-0.4, -0.2) is 55.2 Å². The summed E-state index contributed by atoms with van der Waals surface area (Å²) in [7, 11) is 0. The van der Waals surface area contributed by atoms with E-state index in [1.807, 2.05) is 24.3 Å². The normalized spacial score (nSPS) is 17.7. The topological polar surface area (TPSA) is 15.7 Å². The van der Waals surface area contributed by atoms with Gasteiger partial charge in [0, 0.05) is 13.1 Å². The standard InChI is InChI=1S/C24H28FNO.C23H26FN/c1-17(2)27-22-12-9-18-5-6-20(16-26-13-3-4-14-26)24(23(18)15-22)19-7-10-21(25)11-8-19;1-2-17-5-6-18-7-8-20(16-25-13-3-4-14-25)23(22(18)15-17)19-9-11-21(24)12-10-19/h7-12,15,17H,3-6,13-14,16H2,1-2H3;5-6,9-12,15H,2-4,7-8,13-14,16H2,1H3. The predicted molar refractivity (Wildman–Crippen MR) is 211 cm³/mol. The Bertz CT molecular complexity index is 1900. The fourth-order valence-corrected chi connectivity index (χ4v) is 8.54. The summed E-state index contributed by atoms with van der Waals surface area (Å²) in [5.41, 5.74) is 14.7. The van der Waals surface area contributed by atoms with Crippen molar-refractivity contribution >= 4 is 11.1 Å². The lowest BCUT2D eigenvalue weighted by Crippen LogP contribution is -2.24. The van der Waals surface area contributed by atoms with E-state index in [0.29, 0.717) is 0 Å². The molecule has 3 nitrogen and oxygen atoms in total. The third-order valence-corrected chi connectivity index (χ3v) is 11.2. The highest BCUT2D eigenvalue weighted by molar-refractivity contribution is 5.86. The molecule has 4 aliphatic rings. The first-order valence-corrected chi connectivity index (χ1v) is 19.7. The van der Waals surface area contributed by atoms with Crippen LogP contribution < -0.4 is 4.74 Å². The van der Waals surface area contributed by atoms with Gasteiger partial charge >= 0.3 is 0 Å². The number of ether oxygens (including phenoxy) is 1. The van der Waals surface area contributed by atoms with Gasteiger partial charge in [0.2, 0.25) is 0 Å². The van der Waals surface area contributed by atoms with Crippen LogP contribution in [0.25, 0.3) is 11.1 Å². The van der Waals surface area contributed by atoms with Crippen molar-refractivity contribution in [2.24, 2.45) is 0 Å². The van der Waals surface area contributed by atoms with Crippen LogP contribution in [0.1, 0.15) is 98.2 Å². The summed E-state index contributed by atoms with van der Waals surface area (Å²) >= 11 is 0. The van der Waals surface area contributed by atoms with Crippen LogP contribution in [-0.2, 0) is 19.3 Å². The number of aryl methyl sites for hydroxylation is 3. The third-order valence-electron chi connectivity index (χ3n) is 11.2. The molecule has 0 radical (unpaired) electrons. The second-order valence-corrected chi connectivity index (χ2v) is 15.3. The van der Waals surface area contributed by atoms with Crippen molar-refractivity contribution in [2.75, 3.05) is 39.3 Å². The van der Waals surface area contributed by atoms with Gasteiger partial charge in [-0.2, -0.15) is 0 Å². The number of rotatable bonds is 9. The Labute approximate surface area is 310 Å². The van der Waals surface area contributed by atoms with Gasteiger partial charge in [-0.25, -0.2) is 8.78 Å². The van der Waals surface area contributed by atoms with Crippen molar-refractivity contribution in [3.8, 4) is 5.75 Å². The Hall–Kier alpha value is -4.06. The van der Waals surface area contributed by atoms with Gasteiger partial charge in [-0.3, -0.25) is 9.80 Å². The SMILES string of the molecule is CC(C)Oc1ccc2c(c1)C(c1ccc(F)cc1)=C(CN1CCCC1)CC2.CCc1ccc2c(c1)C(c1ccc(F)cc1)=C(CN1CCCC1)CC2. The third kappa shape index (κ3) is 8.59. The van der Waals surface area contributed by atoms with E-state index in [1.165, 1.54) is 102 Å². The maximum absolute atomic E-state index is 13.5. The molecule has 4 aromatic rings. The fourth-order valence-electron chi connectivity index (χ4n) is 8.54. The fraction of sp³-hybridized carbons (Fsp3) is 0.404. The molecule has 0 spiro atoms. The minimum absolute atomic E-state index is 0.147. The monoisotopic (exact) mass is 700 g/mol. The second kappa shape index (κ2) is 16.7. The van der Waals surface area contributed by atoms with Crippen LogP contribution in [0, 0.1) is 11.6 Å². The van der Waals surface area contributed by atoms with Gasteiger partial charge in [0.1, 0.15) is 17.4 Å². The molecule has 0 bridgehead atoms. The van der Waals surface area contributed by atoms with Crippen molar-refractivity contribution in [1.82, 2.24) is 9.80 Å². The van der Waals surface area contributed by atoms with Crippen LogP contribution in [0.3, 0.4) is 0 Å². The van der Waals surface area contributed by atoms with Crippen molar-refractivity contribution in [2.45, 2.75) is 84.7 Å². The van der Waals surface area contributed by atoms with E-state index in [1.54, 1.807) is 24.3 Å². The number of benzene rings is 4. The maximum Gasteiger partial charge on any atom is 0.123 e. The van der Waals surface area contributed by atoms with Crippen LogP contribution in [0.2, 0.25) is 0 Å². The molecule has 4 aromatic carbocycles. The molecule has 2 heterocycles. The molecule has 0 atom stereocenters. The molecule has 2 fully saturated rings. The Morgan fingerprint density at radius 2 is 1.04 bits per heavy atom. The van der Waals surface area contributed by atoms with E-state index in [-0.39, 0.29) is 17.7 Å². The van der Waals surface area contributed by atoms with Gasteiger partial charge in [0.15, 0.2) is 0 Å². The zero-order chi connectivity index (χ0) is 36.0. The van der Waals surface area contributed by atoms with E-state index >= 15 is 0 Å². The highest BCUT2D eigenvalue weighted by Gasteiger charge is 2.25. The molecule has 52 heavy (non-hydrogen) atoms. The lowest BCUT2D eigenvalue weighted by Gasteiger charge is -2.28. The molecule has 0 aromatic heterocycles. The van der Waals surface area contributed by atoms with Crippen molar-refractivity contribution in [3.63, 3.8) is 0 Å². The van der Waals surface area contributed by atoms with Gasteiger partial charge in [0.25, 0.3) is 0 Å². The summed E-state index contributed by atoms with van der Waals surface area (Å²) < 4.78 is 33.0. The second-order valence-electron chi connectivity index (χ2n) is 15.3. The highest BCUT2D eigenvalue weighted by atomic mass is 19.1. The van der Waals surface area contributed by atoms with E-state index in [0.717, 1.165) is 62.1 Å². The zero-order valence-corrected chi connectivity index (χ0v) is 31.3. The summed E-state index contributed by atoms with van der Waals surface area (Å²) in [6.45, 7) is 13.2. The van der Waals surface area contributed by atoms with Crippen LogP contribution in [0.5, 0.6) is 5.75 Å². The Balaban J connectivity index is 0.000000162. The Morgan fingerprint density at radius 3 is 1.50 bits per heavy atom. The van der Waals surface area contributed by atoms with E-state index < -0.39 is 0 Å². The molecule has 272 valence electrons. The quantitative estimate of drug-likeness (QED) is 0.173. The summed E-state index contributed by atoms with van der Waals surface area (Å²) in [6, 6.07) is 27.4. The first kappa shape index (κ1) is 36.3. The number of hydrogen-bond acceptors (Lipinski definition) is 3. The average Bonchev–Trinajstić information content (AvgIpc) is 3.87. The van der Waals surface area contributed by atoms with E-state index in [4.69, 9.17) is 4.74 Å². The number of halogens is 2. The van der Waals surface area contributed by atoms with E-state index in [9.17, 15) is 8.78 Å². The van der Waals surface area contributed by atoms with Crippen LogP contribution in [0.15, 0.2) is 96.1 Å².